The Hall–Kier alpha value is -0.690. The van der Waals surface area contributed by atoms with E-state index in [4.69, 9.17) is 5.26 Å². The van der Waals surface area contributed by atoms with Crippen LogP contribution in [-0.2, 0) is 4.79 Å². The smallest absolute Gasteiger partial charge is 0.237 e. The topological polar surface area (TPSA) is 52.9 Å². The van der Waals surface area contributed by atoms with Gasteiger partial charge in [-0.25, -0.2) is 0 Å². The molecule has 4 heteroatoms. The molecule has 96 valence electrons. The first-order chi connectivity index (χ1) is 8.08. The van der Waals surface area contributed by atoms with Gasteiger partial charge in [0.05, 0.1) is 6.07 Å². The molecule has 1 rings (SSSR count). The molecule has 3 nitrogen and oxygen atoms in total. The van der Waals surface area contributed by atoms with E-state index in [0.717, 1.165) is 18.1 Å². The van der Waals surface area contributed by atoms with E-state index in [1.807, 2.05) is 25.6 Å². The van der Waals surface area contributed by atoms with Crippen molar-refractivity contribution >= 4 is 17.7 Å². The van der Waals surface area contributed by atoms with E-state index in [0.29, 0.717) is 0 Å². The summed E-state index contributed by atoms with van der Waals surface area (Å²) >= 11 is 1.92. The Kier molecular flexibility index (Phi) is 5.84. The van der Waals surface area contributed by atoms with Crippen LogP contribution in [0.25, 0.3) is 0 Å². The summed E-state index contributed by atoms with van der Waals surface area (Å²) in [5, 5.41) is 12.7. The zero-order valence-electron chi connectivity index (χ0n) is 10.9. The Bertz CT molecular complexity index is 290. The largest absolute Gasteiger partial charge is 0.352 e. The average Bonchev–Trinajstić information content (AvgIpc) is 2.30. The summed E-state index contributed by atoms with van der Waals surface area (Å²) in [6, 6.07) is 2.37. The second kappa shape index (κ2) is 6.90. The van der Waals surface area contributed by atoms with Gasteiger partial charge in [-0.1, -0.05) is 13.8 Å². The van der Waals surface area contributed by atoms with E-state index in [-0.39, 0.29) is 17.9 Å². The quantitative estimate of drug-likeness (QED) is 0.839. The Labute approximate surface area is 108 Å². The zero-order chi connectivity index (χ0) is 12.8. The Balaban J connectivity index is 2.40. The van der Waals surface area contributed by atoms with Crippen LogP contribution in [0.2, 0.25) is 0 Å². The number of amides is 1. The first kappa shape index (κ1) is 14.4. The molecule has 0 aromatic heterocycles. The zero-order valence-corrected chi connectivity index (χ0v) is 11.7. The predicted octanol–water partition coefficient (Wildman–Crippen LogP) is 2.57. The van der Waals surface area contributed by atoms with E-state index in [1.165, 1.54) is 12.8 Å². The van der Waals surface area contributed by atoms with Crippen LogP contribution < -0.4 is 5.32 Å². The monoisotopic (exact) mass is 254 g/mol. The van der Waals surface area contributed by atoms with Crippen LogP contribution in [0.5, 0.6) is 0 Å². The molecule has 0 saturated heterocycles. The number of nitrogens with zero attached hydrogens (tertiary/aromatic N) is 1. The molecule has 17 heavy (non-hydrogen) atoms. The molecule has 1 aliphatic rings. The van der Waals surface area contributed by atoms with Crippen molar-refractivity contribution in [2.45, 2.75) is 50.8 Å². The van der Waals surface area contributed by atoms with Crippen LogP contribution in [0.4, 0.5) is 0 Å². The van der Waals surface area contributed by atoms with Crippen LogP contribution in [0, 0.1) is 23.2 Å². The molecule has 0 radical (unpaired) electrons. The van der Waals surface area contributed by atoms with Crippen molar-refractivity contribution in [2.75, 3.05) is 6.26 Å². The molecule has 1 aliphatic carbocycles. The third-order valence-corrected chi connectivity index (χ3v) is 4.58. The molecule has 1 unspecified atom stereocenters. The van der Waals surface area contributed by atoms with Gasteiger partial charge in [-0.2, -0.15) is 17.0 Å². The van der Waals surface area contributed by atoms with Crippen LogP contribution in [0.1, 0.15) is 39.5 Å². The van der Waals surface area contributed by atoms with Crippen molar-refractivity contribution in [2.24, 2.45) is 11.8 Å². The summed E-state index contributed by atoms with van der Waals surface area (Å²) in [5.74, 6) is -0.508. The van der Waals surface area contributed by atoms with Gasteiger partial charge in [0.15, 0.2) is 0 Å². The molecule has 1 amide bonds. The minimum absolute atomic E-state index is 0.0857. The van der Waals surface area contributed by atoms with Gasteiger partial charge < -0.3 is 5.32 Å². The molecule has 1 atom stereocenters. The number of hydrogen-bond donors (Lipinski definition) is 1. The molecule has 1 saturated carbocycles. The molecule has 0 heterocycles. The summed E-state index contributed by atoms with van der Waals surface area (Å²) in [6.45, 7) is 3.83. The Morgan fingerprint density at radius 3 is 2.35 bits per heavy atom. The maximum atomic E-state index is 11.9. The summed E-state index contributed by atoms with van der Waals surface area (Å²) in [6.07, 6.45) is 6.59. The van der Waals surface area contributed by atoms with E-state index in [1.54, 1.807) is 0 Å². The van der Waals surface area contributed by atoms with Gasteiger partial charge in [-0.3, -0.25) is 4.79 Å². The lowest BCUT2D eigenvalue weighted by molar-refractivity contribution is -0.125. The van der Waals surface area contributed by atoms with E-state index in [2.05, 4.69) is 17.6 Å². The third kappa shape index (κ3) is 4.23. The molecule has 0 bridgehead atoms. The fraction of sp³-hybridized carbons (Fsp3) is 0.846. The number of carbonyl (C=O) groups excluding carboxylic acids is 1. The van der Waals surface area contributed by atoms with Gasteiger partial charge in [0.25, 0.3) is 0 Å². The number of rotatable bonds is 4. The predicted molar refractivity (Wildman–Crippen MR) is 71.6 cm³/mol. The highest BCUT2D eigenvalue weighted by molar-refractivity contribution is 7.99. The van der Waals surface area contributed by atoms with Gasteiger partial charge in [0.2, 0.25) is 5.91 Å². The SMILES string of the molecule is CSC1CCC(NC(=O)C(C#N)C(C)C)CC1. The van der Waals surface area contributed by atoms with Crippen molar-refractivity contribution in [3.8, 4) is 6.07 Å². The van der Waals surface area contributed by atoms with Gasteiger partial charge >= 0.3 is 0 Å². The Morgan fingerprint density at radius 1 is 1.35 bits per heavy atom. The number of carbonyl (C=O) groups is 1. The van der Waals surface area contributed by atoms with Crippen LogP contribution >= 0.6 is 11.8 Å². The van der Waals surface area contributed by atoms with Crippen LogP contribution in [0.15, 0.2) is 0 Å². The molecule has 0 aromatic carbocycles. The Morgan fingerprint density at radius 2 is 1.94 bits per heavy atom. The summed E-state index contributed by atoms with van der Waals surface area (Å²) in [7, 11) is 0. The highest BCUT2D eigenvalue weighted by Gasteiger charge is 2.26. The first-order valence-electron chi connectivity index (χ1n) is 6.31. The minimum Gasteiger partial charge on any atom is -0.352 e. The van der Waals surface area contributed by atoms with Crippen molar-refractivity contribution in [1.82, 2.24) is 5.32 Å². The van der Waals surface area contributed by atoms with Crippen LogP contribution in [-0.4, -0.2) is 23.5 Å². The lowest BCUT2D eigenvalue weighted by Crippen LogP contribution is -2.42. The lowest BCUT2D eigenvalue weighted by Gasteiger charge is -2.29. The lowest BCUT2D eigenvalue weighted by atomic mass is 9.92. The summed E-state index contributed by atoms with van der Waals surface area (Å²) in [5.41, 5.74) is 0. The summed E-state index contributed by atoms with van der Waals surface area (Å²) in [4.78, 5) is 11.9. The van der Waals surface area contributed by atoms with E-state index < -0.39 is 5.92 Å². The van der Waals surface area contributed by atoms with Gasteiger partial charge in [-0.15, -0.1) is 0 Å². The number of hydrogen-bond acceptors (Lipinski definition) is 3. The van der Waals surface area contributed by atoms with Gasteiger partial charge in [0.1, 0.15) is 5.92 Å². The second-order valence-corrected chi connectivity index (χ2v) is 6.21. The molecule has 1 fully saturated rings. The fourth-order valence-corrected chi connectivity index (χ4v) is 2.99. The maximum Gasteiger partial charge on any atom is 0.237 e. The highest BCUT2D eigenvalue weighted by atomic mass is 32.2. The molecule has 0 spiro atoms. The van der Waals surface area contributed by atoms with E-state index >= 15 is 0 Å². The van der Waals surface area contributed by atoms with Gasteiger partial charge in [0, 0.05) is 11.3 Å². The van der Waals surface area contributed by atoms with Crippen LogP contribution in [0.3, 0.4) is 0 Å². The third-order valence-electron chi connectivity index (χ3n) is 3.44. The van der Waals surface area contributed by atoms with Crippen molar-refractivity contribution in [3.05, 3.63) is 0 Å². The normalized spacial score (nSPS) is 26.3. The first-order valence-corrected chi connectivity index (χ1v) is 7.60. The van der Waals surface area contributed by atoms with Crippen molar-refractivity contribution in [3.63, 3.8) is 0 Å². The number of nitrogens with one attached hydrogen (secondary N) is 1. The molecular weight excluding hydrogens is 232 g/mol. The second-order valence-electron chi connectivity index (χ2n) is 5.07. The van der Waals surface area contributed by atoms with E-state index in [9.17, 15) is 4.79 Å². The van der Waals surface area contributed by atoms with Crippen molar-refractivity contribution in [1.29, 1.82) is 5.26 Å². The molecule has 1 N–H and O–H groups in total. The fourth-order valence-electron chi connectivity index (χ4n) is 2.24. The van der Waals surface area contributed by atoms with Gasteiger partial charge in [-0.05, 0) is 37.9 Å². The molecular formula is C13H22N2OS. The minimum atomic E-state index is -0.506. The number of nitriles is 1. The average molecular weight is 254 g/mol. The highest BCUT2D eigenvalue weighted by Crippen LogP contribution is 2.27. The van der Waals surface area contributed by atoms with Crippen molar-refractivity contribution < 1.29 is 4.79 Å². The number of thioether (sulfide) groups is 1. The molecule has 0 aromatic rings. The maximum absolute atomic E-state index is 11.9. The summed E-state index contributed by atoms with van der Waals surface area (Å²) < 4.78 is 0. The standard InChI is InChI=1S/C13H22N2OS/c1-9(2)12(8-14)13(16)15-10-4-6-11(17-3)7-5-10/h9-12H,4-7H2,1-3H3,(H,15,16). The molecule has 0 aliphatic heterocycles.